The van der Waals surface area contributed by atoms with Crippen LogP contribution in [0.4, 0.5) is 5.13 Å². The molecule has 1 aliphatic heterocycles. The van der Waals surface area contributed by atoms with E-state index in [-0.39, 0.29) is 23.7 Å². The summed E-state index contributed by atoms with van der Waals surface area (Å²) < 4.78 is 0. The van der Waals surface area contributed by atoms with Crippen LogP contribution in [-0.4, -0.2) is 40.0 Å². The molecule has 1 N–H and O–H groups in total. The van der Waals surface area contributed by atoms with Gasteiger partial charge in [0.2, 0.25) is 11.0 Å². The summed E-state index contributed by atoms with van der Waals surface area (Å²) in [5.74, 6) is 0.0235. The smallest absolute Gasteiger partial charge is 0.255 e. The molecule has 0 unspecified atom stereocenters. The number of likely N-dealkylation sites (tertiary alicyclic amines) is 1. The zero-order chi connectivity index (χ0) is 18.7. The fraction of sp³-hybridized carbons (Fsp3) is 0.444. The molecule has 0 saturated carbocycles. The fourth-order valence-corrected chi connectivity index (χ4v) is 3.84. The Balaban J connectivity index is 1.55. The predicted octanol–water partition coefficient (Wildman–Crippen LogP) is 3.81. The standard InChI is InChI=1S/C18H21ClN4O2S/c1-11(2)16-21-22-18(26-16)20-15(24)12-7-9-23(10-8-12)17(25)13-5-3-4-6-14(13)19/h3-6,11-12H,7-10H2,1-2H3,(H,20,22,24). The molecule has 1 aromatic heterocycles. The predicted molar refractivity (Wildman–Crippen MR) is 103 cm³/mol. The average Bonchev–Trinajstić information content (AvgIpc) is 3.10. The van der Waals surface area contributed by atoms with Crippen LogP contribution < -0.4 is 5.32 Å². The topological polar surface area (TPSA) is 75.2 Å². The van der Waals surface area contributed by atoms with Crippen LogP contribution in [0.5, 0.6) is 0 Å². The zero-order valence-electron chi connectivity index (χ0n) is 14.7. The highest BCUT2D eigenvalue weighted by molar-refractivity contribution is 7.15. The van der Waals surface area contributed by atoms with Crippen LogP contribution in [-0.2, 0) is 4.79 Å². The molecule has 2 amide bonds. The quantitative estimate of drug-likeness (QED) is 0.858. The molecule has 8 heteroatoms. The summed E-state index contributed by atoms with van der Waals surface area (Å²) in [4.78, 5) is 26.8. The van der Waals surface area contributed by atoms with Gasteiger partial charge in [-0.2, -0.15) is 0 Å². The third kappa shape index (κ3) is 4.22. The minimum Gasteiger partial charge on any atom is -0.339 e. The summed E-state index contributed by atoms with van der Waals surface area (Å²) in [6.45, 7) is 5.15. The maximum atomic E-state index is 12.6. The van der Waals surface area contributed by atoms with E-state index in [1.165, 1.54) is 11.3 Å². The maximum absolute atomic E-state index is 12.6. The van der Waals surface area contributed by atoms with Crippen molar-refractivity contribution in [2.75, 3.05) is 18.4 Å². The summed E-state index contributed by atoms with van der Waals surface area (Å²) in [6, 6.07) is 7.04. The van der Waals surface area contributed by atoms with Crippen LogP contribution in [0.3, 0.4) is 0 Å². The van der Waals surface area contributed by atoms with Crippen molar-refractivity contribution in [3.8, 4) is 0 Å². The summed E-state index contributed by atoms with van der Waals surface area (Å²) in [7, 11) is 0. The first-order chi connectivity index (χ1) is 12.5. The number of nitrogens with zero attached hydrogens (tertiary/aromatic N) is 3. The van der Waals surface area contributed by atoms with Crippen molar-refractivity contribution in [3.63, 3.8) is 0 Å². The van der Waals surface area contributed by atoms with Gasteiger partial charge in [0, 0.05) is 24.9 Å². The Morgan fingerprint density at radius 3 is 2.54 bits per heavy atom. The minimum absolute atomic E-state index is 0.0544. The third-order valence-electron chi connectivity index (χ3n) is 4.42. The number of amides is 2. The number of halogens is 1. The van der Waals surface area contributed by atoms with E-state index in [1.54, 1.807) is 29.2 Å². The molecular weight excluding hydrogens is 372 g/mol. The average molecular weight is 393 g/mol. The Morgan fingerprint density at radius 1 is 1.23 bits per heavy atom. The molecule has 1 aliphatic rings. The summed E-state index contributed by atoms with van der Waals surface area (Å²) >= 11 is 7.51. The van der Waals surface area contributed by atoms with Gasteiger partial charge >= 0.3 is 0 Å². The van der Waals surface area contributed by atoms with Gasteiger partial charge in [-0.15, -0.1) is 10.2 Å². The number of piperidine rings is 1. The highest BCUT2D eigenvalue weighted by atomic mass is 35.5. The van der Waals surface area contributed by atoms with E-state index >= 15 is 0 Å². The number of nitrogens with one attached hydrogen (secondary N) is 1. The highest BCUT2D eigenvalue weighted by Crippen LogP contribution is 2.26. The third-order valence-corrected chi connectivity index (χ3v) is 5.89. The first-order valence-corrected chi connectivity index (χ1v) is 9.83. The fourth-order valence-electron chi connectivity index (χ4n) is 2.88. The second-order valence-corrected chi connectivity index (χ2v) is 8.05. The first kappa shape index (κ1) is 18.8. The van der Waals surface area contributed by atoms with Crippen molar-refractivity contribution < 1.29 is 9.59 Å². The molecule has 0 atom stereocenters. The van der Waals surface area contributed by atoms with Crippen LogP contribution in [0.25, 0.3) is 0 Å². The maximum Gasteiger partial charge on any atom is 0.255 e. The Hall–Kier alpha value is -1.99. The Bertz CT molecular complexity index is 800. The summed E-state index contributed by atoms with van der Waals surface area (Å²) in [5.41, 5.74) is 0.507. The number of hydrogen-bond donors (Lipinski definition) is 1. The molecular formula is C18H21ClN4O2S. The molecule has 26 heavy (non-hydrogen) atoms. The van der Waals surface area contributed by atoms with E-state index in [0.29, 0.717) is 41.6 Å². The van der Waals surface area contributed by atoms with Crippen molar-refractivity contribution in [2.24, 2.45) is 5.92 Å². The molecule has 138 valence electrons. The molecule has 1 aromatic carbocycles. The Labute approximate surface area is 161 Å². The number of rotatable bonds is 4. The lowest BCUT2D eigenvalue weighted by atomic mass is 9.95. The van der Waals surface area contributed by atoms with E-state index in [1.807, 2.05) is 13.8 Å². The number of aromatic nitrogens is 2. The van der Waals surface area contributed by atoms with E-state index in [2.05, 4.69) is 15.5 Å². The van der Waals surface area contributed by atoms with Crippen LogP contribution in [0.1, 0.15) is 48.0 Å². The Morgan fingerprint density at radius 2 is 1.92 bits per heavy atom. The van der Waals surface area contributed by atoms with Gasteiger partial charge in [0.1, 0.15) is 5.01 Å². The van der Waals surface area contributed by atoms with Gasteiger partial charge in [-0.25, -0.2) is 0 Å². The number of benzene rings is 1. The van der Waals surface area contributed by atoms with Gasteiger partial charge in [0.25, 0.3) is 5.91 Å². The number of carbonyl (C=O) groups excluding carboxylic acids is 2. The first-order valence-electron chi connectivity index (χ1n) is 8.63. The minimum atomic E-state index is -0.128. The summed E-state index contributed by atoms with van der Waals surface area (Å²) in [6.07, 6.45) is 1.25. The van der Waals surface area contributed by atoms with Crippen LogP contribution in [0.2, 0.25) is 5.02 Å². The molecule has 1 fully saturated rings. The molecule has 6 nitrogen and oxygen atoms in total. The van der Waals surface area contributed by atoms with E-state index in [4.69, 9.17) is 11.6 Å². The summed E-state index contributed by atoms with van der Waals surface area (Å²) in [5, 5.41) is 12.8. The molecule has 0 bridgehead atoms. The Kier molecular flexibility index (Phi) is 5.88. The molecule has 1 saturated heterocycles. The van der Waals surface area contributed by atoms with Crippen LogP contribution in [0.15, 0.2) is 24.3 Å². The van der Waals surface area contributed by atoms with Gasteiger partial charge in [0.05, 0.1) is 10.6 Å². The molecule has 0 aliphatic carbocycles. The van der Waals surface area contributed by atoms with Crippen molar-refractivity contribution in [1.82, 2.24) is 15.1 Å². The van der Waals surface area contributed by atoms with Gasteiger partial charge in [-0.3, -0.25) is 9.59 Å². The van der Waals surface area contributed by atoms with E-state index < -0.39 is 0 Å². The molecule has 2 heterocycles. The molecule has 3 rings (SSSR count). The SMILES string of the molecule is CC(C)c1nnc(NC(=O)C2CCN(C(=O)c3ccccc3Cl)CC2)s1. The van der Waals surface area contributed by atoms with Crippen molar-refractivity contribution in [1.29, 1.82) is 0 Å². The van der Waals surface area contributed by atoms with Gasteiger partial charge in [-0.1, -0.05) is 48.9 Å². The number of hydrogen-bond acceptors (Lipinski definition) is 5. The molecule has 0 spiro atoms. The lowest BCUT2D eigenvalue weighted by Crippen LogP contribution is -2.41. The van der Waals surface area contributed by atoms with Gasteiger partial charge in [-0.05, 0) is 25.0 Å². The van der Waals surface area contributed by atoms with Gasteiger partial charge in [0.15, 0.2) is 0 Å². The zero-order valence-corrected chi connectivity index (χ0v) is 16.3. The monoisotopic (exact) mass is 392 g/mol. The molecule has 2 aromatic rings. The van der Waals surface area contributed by atoms with E-state index in [0.717, 1.165) is 5.01 Å². The van der Waals surface area contributed by atoms with Crippen molar-refractivity contribution in [3.05, 3.63) is 39.9 Å². The second-order valence-electron chi connectivity index (χ2n) is 6.64. The lowest BCUT2D eigenvalue weighted by Gasteiger charge is -2.31. The number of anilines is 1. The normalized spacial score (nSPS) is 15.3. The largest absolute Gasteiger partial charge is 0.339 e. The van der Waals surface area contributed by atoms with Crippen molar-refractivity contribution in [2.45, 2.75) is 32.6 Å². The second kappa shape index (κ2) is 8.14. The van der Waals surface area contributed by atoms with Crippen LogP contribution >= 0.6 is 22.9 Å². The number of carbonyl (C=O) groups is 2. The lowest BCUT2D eigenvalue weighted by molar-refractivity contribution is -0.121. The van der Waals surface area contributed by atoms with E-state index in [9.17, 15) is 9.59 Å². The van der Waals surface area contributed by atoms with Gasteiger partial charge < -0.3 is 10.2 Å². The molecule has 0 radical (unpaired) electrons. The van der Waals surface area contributed by atoms with Crippen molar-refractivity contribution >= 4 is 39.9 Å². The highest BCUT2D eigenvalue weighted by Gasteiger charge is 2.29. The van der Waals surface area contributed by atoms with Crippen LogP contribution in [0, 0.1) is 5.92 Å².